The summed E-state index contributed by atoms with van der Waals surface area (Å²) in [6.07, 6.45) is 1.78. The Kier molecular flexibility index (Phi) is 4.69. The number of hydrogen-bond acceptors (Lipinski definition) is 4. The van der Waals surface area contributed by atoms with Crippen molar-refractivity contribution >= 4 is 55.9 Å². The third kappa shape index (κ3) is 3.34. The Morgan fingerprint density at radius 3 is 2.73 bits per heavy atom. The van der Waals surface area contributed by atoms with E-state index in [9.17, 15) is 4.79 Å². The van der Waals surface area contributed by atoms with Crippen LogP contribution in [0.3, 0.4) is 0 Å². The number of fused-ring (bicyclic) bond motifs is 1. The molecule has 2 heterocycles. The molecule has 0 aliphatic rings. The molecule has 1 N–H and O–H groups in total. The number of anilines is 1. The van der Waals surface area contributed by atoms with Crippen LogP contribution in [0.4, 0.5) is 5.69 Å². The summed E-state index contributed by atoms with van der Waals surface area (Å²) in [6, 6.07) is 17.4. The van der Waals surface area contributed by atoms with Crippen LogP contribution in [0.25, 0.3) is 20.9 Å². The van der Waals surface area contributed by atoms with Gasteiger partial charge in [0.2, 0.25) is 0 Å². The monoisotopic (exact) mass is 471 g/mol. The lowest BCUT2D eigenvalue weighted by atomic mass is 10.1. The fourth-order valence-electron chi connectivity index (χ4n) is 2.67. The number of nitrogens with zero attached hydrogens (tertiary/aromatic N) is 2. The number of hydrogen-bond donors (Lipinski definition) is 1. The maximum absolute atomic E-state index is 12.5. The fraction of sp³-hybridized carbons (Fsp3) is 0.0500. The molecule has 26 heavy (non-hydrogen) atoms. The molecular formula is C20H14IN3OS. The predicted octanol–water partition coefficient (Wildman–Crippen LogP) is 5.52. The van der Waals surface area contributed by atoms with Gasteiger partial charge in [0.25, 0.3) is 5.91 Å². The van der Waals surface area contributed by atoms with Crippen molar-refractivity contribution in [3.8, 4) is 10.6 Å². The predicted molar refractivity (Wildman–Crippen MR) is 115 cm³/mol. The molecule has 0 saturated carbocycles. The number of carbonyl (C=O) groups excluding carboxylic acids is 1. The Bertz CT molecular complexity index is 1090. The van der Waals surface area contributed by atoms with Crippen molar-refractivity contribution < 1.29 is 4.79 Å². The summed E-state index contributed by atoms with van der Waals surface area (Å²) in [6.45, 7) is 1.99. The summed E-state index contributed by atoms with van der Waals surface area (Å²) in [5.41, 5.74) is 4.40. The number of rotatable bonds is 3. The van der Waals surface area contributed by atoms with Crippen molar-refractivity contribution in [2.45, 2.75) is 6.92 Å². The van der Waals surface area contributed by atoms with Crippen molar-refractivity contribution in [3.63, 3.8) is 0 Å². The Labute approximate surface area is 168 Å². The number of amides is 1. The normalized spacial score (nSPS) is 10.8. The zero-order valence-corrected chi connectivity index (χ0v) is 16.8. The van der Waals surface area contributed by atoms with Crippen LogP contribution < -0.4 is 5.32 Å². The van der Waals surface area contributed by atoms with Crippen LogP contribution in [-0.4, -0.2) is 15.9 Å². The highest BCUT2D eigenvalue weighted by Crippen LogP contribution is 2.31. The molecule has 0 aliphatic heterocycles. The summed E-state index contributed by atoms with van der Waals surface area (Å²) in [5.74, 6) is -0.102. The third-order valence-electron chi connectivity index (χ3n) is 4.01. The molecule has 2 aromatic heterocycles. The first-order valence-electron chi connectivity index (χ1n) is 8.00. The second kappa shape index (κ2) is 7.13. The van der Waals surface area contributed by atoms with Gasteiger partial charge in [0, 0.05) is 21.0 Å². The number of aryl methyl sites for hydroxylation is 1. The molecule has 0 aliphatic carbocycles. The van der Waals surface area contributed by atoms with E-state index in [1.807, 2.05) is 61.5 Å². The Balaban J connectivity index is 1.62. The molecule has 0 fully saturated rings. The van der Waals surface area contributed by atoms with Gasteiger partial charge in [-0.1, -0.05) is 23.5 Å². The van der Waals surface area contributed by atoms with Gasteiger partial charge in [-0.3, -0.25) is 4.79 Å². The summed E-state index contributed by atoms with van der Waals surface area (Å²) < 4.78 is 0.929. The van der Waals surface area contributed by atoms with Gasteiger partial charge < -0.3 is 5.32 Å². The standard InChI is InChI=1S/C20H14IN3OS/c1-12-11-13(19-24-17-7-4-10-22-20(17)26-19)8-9-16(12)23-18(25)14-5-2-3-6-15(14)21/h2-11H,1H3,(H,23,25). The zero-order chi connectivity index (χ0) is 18.1. The number of nitrogens with one attached hydrogen (secondary N) is 1. The number of benzene rings is 2. The van der Waals surface area contributed by atoms with Crippen molar-refractivity contribution in [1.82, 2.24) is 9.97 Å². The molecule has 0 atom stereocenters. The van der Waals surface area contributed by atoms with Gasteiger partial charge >= 0.3 is 0 Å². The van der Waals surface area contributed by atoms with Crippen LogP contribution in [-0.2, 0) is 0 Å². The molecule has 128 valence electrons. The summed E-state index contributed by atoms with van der Waals surface area (Å²) in [4.78, 5) is 22.4. The minimum absolute atomic E-state index is 0.102. The smallest absolute Gasteiger partial charge is 0.256 e. The van der Waals surface area contributed by atoms with Crippen molar-refractivity contribution in [2.75, 3.05) is 5.32 Å². The van der Waals surface area contributed by atoms with Gasteiger partial charge in [-0.25, -0.2) is 9.97 Å². The Morgan fingerprint density at radius 2 is 1.96 bits per heavy atom. The molecule has 0 radical (unpaired) electrons. The molecule has 4 rings (SSSR count). The molecule has 0 bridgehead atoms. The molecule has 4 aromatic rings. The average molecular weight is 471 g/mol. The van der Waals surface area contributed by atoms with Gasteiger partial charge in [-0.2, -0.15) is 0 Å². The minimum atomic E-state index is -0.102. The quantitative estimate of drug-likeness (QED) is 0.400. The van der Waals surface area contributed by atoms with Crippen molar-refractivity contribution in [1.29, 1.82) is 0 Å². The minimum Gasteiger partial charge on any atom is -0.322 e. The van der Waals surface area contributed by atoms with Gasteiger partial charge in [-0.05, 0) is 77.5 Å². The van der Waals surface area contributed by atoms with Crippen LogP contribution in [0.1, 0.15) is 15.9 Å². The van der Waals surface area contributed by atoms with Crippen LogP contribution in [0.5, 0.6) is 0 Å². The first-order valence-corrected chi connectivity index (χ1v) is 9.90. The number of halogens is 1. The third-order valence-corrected chi connectivity index (χ3v) is 5.98. The highest BCUT2D eigenvalue weighted by atomic mass is 127. The van der Waals surface area contributed by atoms with E-state index < -0.39 is 0 Å². The Hall–Kier alpha value is -2.32. The molecule has 4 nitrogen and oxygen atoms in total. The number of thiazole rings is 1. The maximum Gasteiger partial charge on any atom is 0.256 e. The van der Waals surface area contributed by atoms with Crippen LogP contribution in [0.2, 0.25) is 0 Å². The molecule has 0 unspecified atom stereocenters. The van der Waals surface area contributed by atoms with E-state index in [0.29, 0.717) is 5.56 Å². The van der Waals surface area contributed by atoms with E-state index in [4.69, 9.17) is 0 Å². The topological polar surface area (TPSA) is 54.9 Å². The molecule has 6 heteroatoms. The lowest BCUT2D eigenvalue weighted by Crippen LogP contribution is -2.14. The van der Waals surface area contributed by atoms with Crippen LogP contribution in [0.15, 0.2) is 60.8 Å². The first kappa shape index (κ1) is 17.1. The van der Waals surface area contributed by atoms with Gasteiger partial charge in [0.05, 0.1) is 5.56 Å². The molecule has 0 spiro atoms. The zero-order valence-electron chi connectivity index (χ0n) is 13.9. The maximum atomic E-state index is 12.5. The average Bonchev–Trinajstić information content (AvgIpc) is 3.08. The summed E-state index contributed by atoms with van der Waals surface area (Å²) in [5, 5.41) is 3.93. The second-order valence-electron chi connectivity index (χ2n) is 5.81. The highest BCUT2D eigenvalue weighted by molar-refractivity contribution is 14.1. The van der Waals surface area contributed by atoms with E-state index >= 15 is 0 Å². The van der Waals surface area contributed by atoms with Gasteiger partial charge in [0.15, 0.2) is 0 Å². The Morgan fingerprint density at radius 1 is 1.12 bits per heavy atom. The van der Waals surface area contributed by atoms with E-state index in [0.717, 1.165) is 35.7 Å². The molecule has 2 aromatic carbocycles. The number of carbonyl (C=O) groups is 1. The molecular weight excluding hydrogens is 457 g/mol. The SMILES string of the molecule is Cc1cc(-c2nc3cccnc3s2)ccc1NC(=O)c1ccccc1I. The van der Waals surface area contributed by atoms with E-state index in [1.54, 1.807) is 17.5 Å². The van der Waals surface area contributed by atoms with E-state index in [2.05, 4.69) is 37.9 Å². The number of pyridine rings is 1. The van der Waals surface area contributed by atoms with Crippen molar-refractivity contribution in [2.24, 2.45) is 0 Å². The lowest BCUT2D eigenvalue weighted by molar-refractivity contribution is 0.102. The highest BCUT2D eigenvalue weighted by Gasteiger charge is 2.12. The van der Waals surface area contributed by atoms with Crippen LogP contribution in [0, 0.1) is 10.5 Å². The van der Waals surface area contributed by atoms with Gasteiger partial charge in [0.1, 0.15) is 15.4 Å². The lowest BCUT2D eigenvalue weighted by Gasteiger charge is -2.10. The fourth-order valence-corrected chi connectivity index (χ4v) is 4.20. The molecule has 0 saturated heterocycles. The summed E-state index contributed by atoms with van der Waals surface area (Å²) in [7, 11) is 0. The largest absolute Gasteiger partial charge is 0.322 e. The number of aromatic nitrogens is 2. The van der Waals surface area contributed by atoms with E-state index in [-0.39, 0.29) is 5.91 Å². The molecule has 1 amide bonds. The summed E-state index contributed by atoms with van der Waals surface area (Å²) >= 11 is 3.74. The van der Waals surface area contributed by atoms with E-state index in [1.165, 1.54) is 0 Å². The van der Waals surface area contributed by atoms with Gasteiger partial charge in [-0.15, -0.1) is 0 Å². The van der Waals surface area contributed by atoms with Crippen molar-refractivity contribution in [3.05, 3.63) is 75.5 Å². The first-order chi connectivity index (χ1) is 12.6. The van der Waals surface area contributed by atoms with Crippen LogP contribution >= 0.6 is 33.9 Å². The second-order valence-corrected chi connectivity index (χ2v) is 7.95.